The van der Waals surface area contributed by atoms with Crippen molar-refractivity contribution in [3.63, 3.8) is 0 Å². The van der Waals surface area contributed by atoms with Gasteiger partial charge in [0.1, 0.15) is 5.82 Å². The fourth-order valence-electron chi connectivity index (χ4n) is 2.62. The van der Waals surface area contributed by atoms with Crippen molar-refractivity contribution in [2.45, 2.75) is 18.7 Å². The number of rotatable bonds is 7. The highest BCUT2D eigenvalue weighted by molar-refractivity contribution is 7.91. The topological polar surface area (TPSA) is 102 Å². The van der Waals surface area contributed by atoms with Crippen LogP contribution in [0.4, 0.5) is 14.9 Å². The molecule has 0 saturated carbocycles. The van der Waals surface area contributed by atoms with Gasteiger partial charge in [0.15, 0.2) is 9.84 Å². The lowest BCUT2D eigenvalue weighted by atomic mass is 10.2. The van der Waals surface area contributed by atoms with Crippen LogP contribution in [0.15, 0.2) is 47.4 Å². The molecule has 9 heteroatoms. The number of halogens is 1. The van der Waals surface area contributed by atoms with Crippen molar-refractivity contribution < 1.29 is 27.1 Å². The van der Waals surface area contributed by atoms with E-state index in [-0.39, 0.29) is 34.5 Å². The summed E-state index contributed by atoms with van der Waals surface area (Å²) < 4.78 is 43.1. The Balaban J connectivity index is 2.11. The molecule has 29 heavy (non-hydrogen) atoms. The summed E-state index contributed by atoms with van der Waals surface area (Å²) in [6.07, 6.45) is -0.635. The van der Waals surface area contributed by atoms with Gasteiger partial charge in [0.05, 0.1) is 17.8 Å². The second kappa shape index (κ2) is 9.51. The van der Waals surface area contributed by atoms with Gasteiger partial charge in [-0.05, 0) is 54.8 Å². The van der Waals surface area contributed by atoms with E-state index in [1.54, 1.807) is 13.8 Å². The lowest BCUT2D eigenvalue weighted by molar-refractivity contribution is 0.102. The smallest absolute Gasteiger partial charge is 0.406 e. The minimum Gasteiger partial charge on any atom is -0.453 e. The number of hydrogen-bond donors (Lipinski definition) is 2. The molecule has 0 spiro atoms. The number of amides is 2. The first-order valence-electron chi connectivity index (χ1n) is 8.84. The largest absolute Gasteiger partial charge is 0.453 e. The van der Waals surface area contributed by atoms with Crippen LogP contribution < -0.4 is 10.6 Å². The summed E-state index contributed by atoms with van der Waals surface area (Å²) in [5, 5.41) is 5.08. The van der Waals surface area contributed by atoms with Crippen LogP contribution in [0.1, 0.15) is 22.8 Å². The van der Waals surface area contributed by atoms with E-state index in [1.807, 2.05) is 0 Å². The number of methoxy groups -OCH3 is 1. The molecule has 0 aliphatic rings. The van der Waals surface area contributed by atoms with Gasteiger partial charge in [-0.25, -0.2) is 17.6 Å². The van der Waals surface area contributed by atoms with Gasteiger partial charge in [-0.2, -0.15) is 0 Å². The number of carbonyl (C=O) groups is 2. The van der Waals surface area contributed by atoms with Crippen LogP contribution in [-0.2, 0) is 14.6 Å². The van der Waals surface area contributed by atoms with Crippen molar-refractivity contribution in [3.8, 4) is 0 Å². The Kier molecular flexibility index (Phi) is 7.33. The van der Waals surface area contributed by atoms with Crippen molar-refractivity contribution in [2.24, 2.45) is 5.92 Å². The Morgan fingerprint density at radius 2 is 1.90 bits per heavy atom. The molecule has 0 radical (unpaired) electrons. The number of alkyl carbamates (subject to hydrolysis) is 1. The zero-order chi connectivity index (χ0) is 21.6. The van der Waals surface area contributed by atoms with E-state index >= 15 is 0 Å². The molecule has 0 aliphatic heterocycles. The van der Waals surface area contributed by atoms with Gasteiger partial charge in [-0.1, -0.05) is 13.0 Å². The van der Waals surface area contributed by atoms with E-state index in [2.05, 4.69) is 15.4 Å². The SMILES string of the molecule is COC(=O)NC[C@H](C)CS(=O)(=O)c1cccc(C(=O)Nc2ccc(F)c(C)c2)c1. The third-order valence-electron chi connectivity index (χ3n) is 4.16. The molecular weight excluding hydrogens is 399 g/mol. The molecule has 2 rings (SSSR count). The number of sulfone groups is 1. The third kappa shape index (κ3) is 6.28. The van der Waals surface area contributed by atoms with Crippen molar-refractivity contribution in [2.75, 3.05) is 24.7 Å². The molecule has 7 nitrogen and oxygen atoms in total. The molecule has 0 heterocycles. The van der Waals surface area contributed by atoms with Crippen LogP contribution >= 0.6 is 0 Å². The quantitative estimate of drug-likeness (QED) is 0.714. The Bertz CT molecular complexity index is 1010. The Labute approximate surface area is 169 Å². The molecule has 0 aromatic heterocycles. The fraction of sp³-hybridized carbons (Fsp3) is 0.300. The molecule has 2 aromatic carbocycles. The maximum absolute atomic E-state index is 13.4. The van der Waals surface area contributed by atoms with Crippen LogP contribution in [0.3, 0.4) is 0 Å². The first-order chi connectivity index (χ1) is 13.6. The highest BCUT2D eigenvalue weighted by Gasteiger charge is 2.20. The van der Waals surface area contributed by atoms with Gasteiger partial charge in [0.25, 0.3) is 5.91 Å². The molecular formula is C20H23FN2O5S. The number of carbonyl (C=O) groups excluding carboxylic acids is 2. The van der Waals surface area contributed by atoms with E-state index in [0.29, 0.717) is 11.3 Å². The van der Waals surface area contributed by atoms with Gasteiger partial charge >= 0.3 is 6.09 Å². The lowest BCUT2D eigenvalue weighted by Crippen LogP contribution is -2.31. The third-order valence-corrected chi connectivity index (χ3v) is 6.14. The van der Waals surface area contributed by atoms with Crippen LogP contribution in [0.2, 0.25) is 0 Å². The monoisotopic (exact) mass is 422 g/mol. The maximum Gasteiger partial charge on any atom is 0.406 e. The van der Waals surface area contributed by atoms with Crippen molar-refractivity contribution in [1.29, 1.82) is 0 Å². The molecule has 0 aliphatic carbocycles. The van der Waals surface area contributed by atoms with E-state index in [4.69, 9.17) is 0 Å². The van der Waals surface area contributed by atoms with Crippen LogP contribution in [0.25, 0.3) is 0 Å². The molecule has 2 aromatic rings. The van der Waals surface area contributed by atoms with Crippen molar-refractivity contribution in [1.82, 2.24) is 5.32 Å². The fourth-order valence-corrected chi connectivity index (χ4v) is 4.27. The van der Waals surface area contributed by atoms with Gasteiger partial charge in [0, 0.05) is 17.8 Å². The van der Waals surface area contributed by atoms with Gasteiger partial charge in [0.2, 0.25) is 0 Å². The summed E-state index contributed by atoms with van der Waals surface area (Å²) in [4.78, 5) is 23.6. The number of ether oxygens (including phenoxy) is 1. The molecule has 0 saturated heterocycles. The normalized spacial score (nSPS) is 12.1. The first kappa shape index (κ1) is 22.4. The predicted octanol–water partition coefficient (Wildman–Crippen LogP) is 3.15. The Morgan fingerprint density at radius 1 is 1.17 bits per heavy atom. The minimum absolute atomic E-state index is 0.00496. The van der Waals surface area contributed by atoms with E-state index in [1.165, 1.54) is 49.6 Å². The van der Waals surface area contributed by atoms with E-state index < -0.39 is 21.8 Å². The summed E-state index contributed by atoms with van der Waals surface area (Å²) in [5.41, 5.74) is 0.951. The number of hydrogen-bond acceptors (Lipinski definition) is 5. The molecule has 1 atom stereocenters. The molecule has 0 unspecified atom stereocenters. The Hall–Kier alpha value is -2.94. The van der Waals surface area contributed by atoms with Crippen LogP contribution in [0.5, 0.6) is 0 Å². The van der Waals surface area contributed by atoms with Crippen molar-refractivity contribution >= 4 is 27.5 Å². The van der Waals surface area contributed by atoms with Gasteiger partial charge in [-0.15, -0.1) is 0 Å². The Morgan fingerprint density at radius 3 is 2.55 bits per heavy atom. The van der Waals surface area contributed by atoms with Gasteiger partial charge in [-0.3, -0.25) is 4.79 Å². The lowest BCUT2D eigenvalue weighted by Gasteiger charge is -2.13. The van der Waals surface area contributed by atoms with Crippen molar-refractivity contribution in [3.05, 3.63) is 59.4 Å². The summed E-state index contributed by atoms with van der Waals surface area (Å²) in [5.74, 6) is -1.46. The number of anilines is 1. The van der Waals surface area contributed by atoms with E-state index in [9.17, 15) is 22.4 Å². The summed E-state index contributed by atoms with van der Waals surface area (Å²) in [6, 6.07) is 9.84. The highest BCUT2D eigenvalue weighted by Crippen LogP contribution is 2.18. The molecule has 2 amide bonds. The zero-order valence-electron chi connectivity index (χ0n) is 16.4. The van der Waals surface area contributed by atoms with Crippen LogP contribution in [0, 0.1) is 18.7 Å². The summed E-state index contributed by atoms with van der Waals surface area (Å²) in [6.45, 7) is 3.39. The van der Waals surface area contributed by atoms with Crippen LogP contribution in [-0.4, -0.2) is 39.8 Å². The maximum atomic E-state index is 13.4. The minimum atomic E-state index is -3.68. The highest BCUT2D eigenvalue weighted by atomic mass is 32.2. The summed E-state index contributed by atoms with van der Waals surface area (Å²) in [7, 11) is -2.45. The number of aryl methyl sites for hydroxylation is 1. The number of nitrogens with one attached hydrogen (secondary N) is 2. The molecule has 2 N–H and O–H groups in total. The second-order valence-electron chi connectivity index (χ2n) is 6.70. The number of benzene rings is 2. The standard InChI is InChI=1S/C20H23FN2O5S/c1-13(11-22-20(25)28-3)12-29(26,27)17-6-4-5-15(10-17)19(24)23-16-7-8-18(21)14(2)9-16/h4-10,13H,11-12H2,1-3H3,(H,22,25)(H,23,24)/t13-/m0/s1. The second-order valence-corrected chi connectivity index (χ2v) is 8.74. The summed E-state index contributed by atoms with van der Waals surface area (Å²) >= 11 is 0. The van der Waals surface area contributed by atoms with Gasteiger partial charge < -0.3 is 15.4 Å². The van der Waals surface area contributed by atoms with E-state index in [0.717, 1.165) is 0 Å². The molecule has 0 fully saturated rings. The first-order valence-corrected chi connectivity index (χ1v) is 10.5. The average Bonchev–Trinajstić information content (AvgIpc) is 2.68. The predicted molar refractivity (Wildman–Crippen MR) is 107 cm³/mol. The average molecular weight is 422 g/mol. The zero-order valence-corrected chi connectivity index (χ0v) is 17.2. The molecule has 156 valence electrons. The molecule has 0 bridgehead atoms.